The molecule has 2 rings (SSSR count). The molecule has 0 aromatic rings. The maximum Gasteiger partial charge on any atom is -1.00 e. The first-order chi connectivity index (χ1) is 8.43. The van der Waals surface area contributed by atoms with E-state index in [1.54, 1.807) is 0 Å². The average Bonchev–Trinajstić information content (AvgIpc) is 2.83. The molecule has 0 saturated heterocycles. The zero-order chi connectivity index (χ0) is 14.3. The molecule has 2 aliphatic rings. The minimum absolute atomic E-state index is 0. The Balaban J connectivity index is -0.000000240. The van der Waals surface area contributed by atoms with Crippen LogP contribution in [0.5, 0.6) is 0 Å². The van der Waals surface area contributed by atoms with Crippen LogP contribution in [-0.2, 0) is 24.2 Å². The quantitative estimate of drug-likeness (QED) is 0.455. The van der Waals surface area contributed by atoms with Crippen molar-refractivity contribution < 1.29 is 49.0 Å². The molecule has 0 N–H and O–H groups in total. The fraction of sp³-hybridized carbons (Fsp3) is 0.471. The van der Waals surface area contributed by atoms with Gasteiger partial charge >= 0.3 is 28.4 Å². The Hall–Kier alpha value is 0.293. The summed E-state index contributed by atoms with van der Waals surface area (Å²) in [7, 11) is 0. The third-order valence-electron chi connectivity index (χ3n) is 3.60. The summed E-state index contributed by atoms with van der Waals surface area (Å²) < 4.78 is 3.34. The molecule has 1 unspecified atom stereocenters. The molecule has 2 aliphatic carbocycles. The molecule has 0 fully saturated rings. The summed E-state index contributed by atoms with van der Waals surface area (Å²) >= 11 is 1.30. The van der Waals surface area contributed by atoms with Gasteiger partial charge in [-0.25, -0.2) is 17.2 Å². The maximum absolute atomic E-state index is 3.36. The molecule has 20 heavy (non-hydrogen) atoms. The molecular formula is C17H24Cl2Zr-2. The fourth-order valence-electron chi connectivity index (χ4n) is 1.78. The molecule has 112 valence electrons. The molecule has 0 spiro atoms. The molecule has 0 aromatic carbocycles. The molecule has 0 bridgehead atoms. The molecule has 0 nitrogen and oxygen atoms in total. The predicted octanol–water partition coefficient (Wildman–Crippen LogP) is -1.22. The Morgan fingerprint density at radius 1 is 1.10 bits per heavy atom. The number of hydrogen-bond donors (Lipinski definition) is 0. The van der Waals surface area contributed by atoms with Crippen molar-refractivity contribution >= 4 is 4.21 Å². The van der Waals surface area contributed by atoms with E-state index >= 15 is 0 Å². The van der Waals surface area contributed by atoms with Gasteiger partial charge in [0.25, 0.3) is 0 Å². The minimum atomic E-state index is 0. The monoisotopic (exact) mass is 388 g/mol. The first kappa shape index (κ1) is 25.3. The summed E-state index contributed by atoms with van der Waals surface area (Å²) in [4.78, 5) is 0. The van der Waals surface area contributed by atoms with Crippen LogP contribution in [0.3, 0.4) is 0 Å². The zero-order valence-electron chi connectivity index (χ0n) is 13.3. The second-order valence-electron chi connectivity index (χ2n) is 4.79. The van der Waals surface area contributed by atoms with Gasteiger partial charge < -0.3 is 24.8 Å². The molecule has 0 aromatic heterocycles. The molecule has 0 aliphatic heterocycles. The van der Waals surface area contributed by atoms with E-state index in [9.17, 15) is 0 Å². The van der Waals surface area contributed by atoms with Crippen LogP contribution >= 0.6 is 0 Å². The molecule has 0 radical (unpaired) electrons. The van der Waals surface area contributed by atoms with Crippen molar-refractivity contribution in [3.8, 4) is 0 Å². The van der Waals surface area contributed by atoms with Crippen LogP contribution in [0.4, 0.5) is 0 Å². The molecule has 3 heteroatoms. The Bertz CT molecular complexity index is 415. The van der Waals surface area contributed by atoms with Crippen LogP contribution in [0.25, 0.3) is 0 Å². The van der Waals surface area contributed by atoms with E-state index in [-0.39, 0.29) is 24.8 Å². The Morgan fingerprint density at radius 3 is 1.70 bits per heavy atom. The van der Waals surface area contributed by atoms with Gasteiger partial charge in [-0.1, -0.05) is 33.6 Å². The number of hydrogen-bond acceptors (Lipinski definition) is 0. The Kier molecular flexibility index (Phi) is 16.4. The summed E-state index contributed by atoms with van der Waals surface area (Å²) in [6.45, 7) is 12.9. The molecule has 0 saturated carbocycles. The van der Waals surface area contributed by atoms with Crippen molar-refractivity contribution in [3.63, 3.8) is 0 Å². The first-order valence-corrected chi connectivity index (χ1v) is 8.03. The van der Waals surface area contributed by atoms with Gasteiger partial charge in [0, 0.05) is 0 Å². The maximum atomic E-state index is 3.36. The van der Waals surface area contributed by atoms with Crippen molar-refractivity contribution in [3.05, 3.63) is 46.1 Å². The fourth-order valence-corrected chi connectivity index (χ4v) is 1.78. The van der Waals surface area contributed by atoms with E-state index in [2.05, 4.69) is 64.0 Å². The van der Waals surface area contributed by atoms with Gasteiger partial charge in [0.05, 0.1) is 0 Å². The van der Waals surface area contributed by atoms with Gasteiger partial charge in [-0.15, -0.1) is 20.3 Å². The van der Waals surface area contributed by atoms with Crippen molar-refractivity contribution in [1.29, 1.82) is 0 Å². The summed E-state index contributed by atoms with van der Waals surface area (Å²) in [6.07, 6.45) is 9.58. The molecule has 1 atom stereocenters. The van der Waals surface area contributed by atoms with E-state index in [0.717, 1.165) is 6.42 Å². The normalized spacial score (nSPS) is 19.2. The van der Waals surface area contributed by atoms with Crippen LogP contribution in [0.15, 0.2) is 33.9 Å². The van der Waals surface area contributed by atoms with Gasteiger partial charge in [0.1, 0.15) is 0 Å². The van der Waals surface area contributed by atoms with Gasteiger partial charge in [0.2, 0.25) is 0 Å². The summed E-state index contributed by atoms with van der Waals surface area (Å²) in [6, 6.07) is 0. The Morgan fingerprint density at radius 2 is 1.60 bits per heavy atom. The van der Waals surface area contributed by atoms with Gasteiger partial charge in [-0.2, -0.15) is 16.7 Å². The number of rotatable bonds is 0. The molecular weight excluding hydrogens is 366 g/mol. The van der Waals surface area contributed by atoms with Crippen molar-refractivity contribution in [2.24, 2.45) is 5.92 Å². The van der Waals surface area contributed by atoms with Crippen molar-refractivity contribution in [1.82, 2.24) is 0 Å². The van der Waals surface area contributed by atoms with Crippen LogP contribution in [-0.4, -0.2) is 4.21 Å². The minimum Gasteiger partial charge on any atom is -1.00 e. The van der Waals surface area contributed by atoms with E-state index < -0.39 is 0 Å². The zero-order valence-corrected chi connectivity index (χ0v) is 17.3. The van der Waals surface area contributed by atoms with Crippen molar-refractivity contribution in [2.45, 2.75) is 48.0 Å². The second kappa shape index (κ2) is 13.0. The average molecular weight is 391 g/mol. The van der Waals surface area contributed by atoms with Gasteiger partial charge in [0.15, 0.2) is 0 Å². The third kappa shape index (κ3) is 7.91. The van der Waals surface area contributed by atoms with Crippen LogP contribution in [0.2, 0.25) is 0 Å². The van der Waals surface area contributed by atoms with E-state index in [0.29, 0.717) is 5.92 Å². The first-order valence-electron chi connectivity index (χ1n) is 6.29. The van der Waals surface area contributed by atoms with Crippen LogP contribution < -0.4 is 24.8 Å². The summed E-state index contributed by atoms with van der Waals surface area (Å²) in [5, 5.41) is 0. The third-order valence-corrected chi connectivity index (χ3v) is 3.60. The SMILES string of the molecule is CC1=C(C)C[C-]=C1.CC1=[C-]C(C)C(C)=C1C.[CH2]=[Zr+2].[Cl-].[Cl-]. The smallest absolute Gasteiger partial charge is 1.00 e. The predicted molar refractivity (Wildman–Crippen MR) is 77.9 cm³/mol. The Labute approximate surface area is 152 Å². The molecule has 0 amide bonds. The van der Waals surface area contributed by atoms with Gasteiger partial charge in [-0.05, 0) is 0 Å². The number of allylic oxidation sites excluding steroid dienone is 8. The van der Waals surface area contributed by atoms with E-state index in [1.807, 2.05) is 0 Å². The van der Waals surface area contributed by atoms with E-state index in [4.69, 9.17) is 0 Å². The summed E-state index contributed by atoms with van der Waals surface area (Å²) in [5.74, 6) is 0.560. The van der Waals surface area contributed by atoms with E-state index in [1.165, 1.54) is 52.1 Å². The number of halogens is 2. The van der Waals surface area contributed by atoms with Crippen LogP contribution in [0.1, 0.15) is 48.0 Å². The topological polar surface area (TPSA) is 0 Å². The van der Waals surface area contributed by atoms with Crippen molar-refractivity contribution in [2.75, 3.05) is 0 Å². The standard InChI is InChI=1S/C9H13.C7H9.CH2.2ClH.Zr/c1-6-5-7(2)9(4)8(6)3;1-6-4-3-5-7(6)2;;;;/h6H,1-4H3;4H,5H2,1-2H3;1H2;2*1H;/q2*-1;;;;+2/p-2. The van der Waals surface area contributed by atoms with Crippen LogP contribution in [0, 0.1) is 18.1 Å². The summed E-state index contributed by atoms with van der Waals surface area (Å²) in [5.41, 5.74) is 7.09. The largest absolute Gasteiger partial charge is 1.00 e. The van der Waals surface area contributed by atoms with Gasteiger partial charge in [-0.3, -0.25) is 12.2 Å². The second-order valence-corrected chi connectivity index (χ2v) is 4.79. The molecule has 0 heterocycles.